The molecule has 0 unspecified atom stereocenters. The summed E-state index contributed by atoms with van der Waals surface area (Å²) in [5.74, 6) is -6.17. The molecule has 1 saturated heterocycles. The molecule has 10 nitrogen and oxygen atoms in total. The number of carboxylic acid groups (broad SMARTS) is 1. The summed E-state index contributed by atoms with van der Waals surface area (Å²) < 4.78 is 27.2. The Labute approximate surface area is 214 Å². The largest absolute Gasteiger partial charge is 0.465 e. The minimum atomic E-state index is -3.10. The second-order valence-corrected chi connectivity index (χ2v) is 11.5. The maximum Gasteiger partial charge on any atom is 0.405 e. The second kappa shape index (κ2) is 10.2. The van der Waals surface area contributed by atoms with Gasteiger partial charge in [0.05, 0.1) is 6.04 Å². The Morgan fingerprint density at radius 2 is 1.70 bits per heavy atom. The van der Waals surface area contributed by atoms with Gasteiger partial charge in [-0.25, -0.2) is 13.6 Å². The van der Waals surface area contributed by atoms with Crippen molar-refractivity contribution in [1.29, 1.82) is 0 Å². The Bertz CT molecular complexity index is 953. The minimum absolute atomic E-state index is 0.119. The summed E-state index contributed by atoms with van der Waals surface area (Å²) in [7, 11) is 0. The molecule has 4 aliphatic rings. The van der Waals surface area contributed by atoms with E-state index < -0.39 is 66.0 Å². The topological polar surface area (TPSA) is 145 Å². The number of likely N-dealkylation sites (tertiary alicyclic amines) is 1. The number of hydrogen-bond donors (Lipinski definition) is 4. The molecule has 37 heavy (non-hydrogen) atoms. The molecule has 4 fully saturated rings. The monoisotopic (exact) mass is 526 g/mol. The molecule has 1 heterocycles. The first-order valence-electron chi connectivity index (χ1n) is 13.2. The van der Waals surface area contributed by atoms with Crippen LogP contribution in [-0.4, -0.2) is 75.7 Å². The van der Waals surface area contributed by atoms with Crippen LogP contribution in [0.15, 0.2) is 0 Å². The number of carbonyl (C=O) groups is 5. The molecule has 12 heteroatoms. The van der Waals surface area contributed by atoms with Crippen molar-refractivity contribution in [3.05, 3.63) is 0 Å². The van der Waals surface area contributed by atoms with Gasteiger partial charge in [0, 0.05) is 19.0 Å². The van der Waals surface area contributed by atoms with Crippen molar-refractivity contribution in [3.63, 3.8) is 0 Å². The maximum absolute atomic E-state index is 13.6. The lowest BCUT2D eigenvalue weighted by atomic mass is 9.72. The average Bonchev–Trinajstić information content (AvgIpc) is 3.75. The van der Waals surface area contributed by atoms with E-state index in [0.717, 1.165) is 44.9 Å². The van der Waals surface area contributed by atoms with Crippen molar-refractivity contribution in [3.8, 4) is 0 Å². The number of carbonyl (C=O) groups excluding carboxylic acids is 4. The van der Waals surface area contributed by atoms with E-state index >= 15 is 0 Å². The normalized spacial score (nSPS) is 24.7. The fourth-order valence-electron chi connectivity index (χ4n) is 5.74. The number of hydrogen-bond acceptors (Lipinski definition) is 5. The SMILES string of the molecule is CC(F)(F)CC[C@H](NC(=O)[C@@H]1CC2(CCCCC2)CN1C(=O)C1(NC(=O)O)CC1)C(=O)C(=O)NC1CC1. The quantitative estimate of drug-likeness (QED) is 0.321. The molecule has 0 aromatic carbocycles. The van der Waals surface area contributed by atoms with E-state index in [1.165, 1.54) is 4.90 Å². The summed E-state index contributed by atoms with van der Waals surface area (Å²) in [5.41, 5.74) is -1.57. The van der Waals surface area contributed by atoms with E-state index in [1.54, 1.807) is 0 Å². The average molecular weight is 527 g/mol. The Morgan fingerprint density at radius 1 is 1.05 bits per heavy atom. The summed E-state index contributed by atoms with van der Waals surface area (Å²) in [6.45, 7) is 0.996. The van der Waals surface area contributed by atoms with Crippen molar-refractivity contribution in [1.82, 2.24) is 20.9 Å². The second-order valence-electron chi connectivity index (χ2n) is 11.5. The predicted molar refractivity (Wildman–Crippen MR) is 127 cm³/mol. The van der Waals surface area contributed by atoms with Gasteiger partial charge in [-0.3, -0.25) is 19.2 Å². The number of alkyl halides is 2. The molecule has 0 bridgehead atoms. The van der Waals surface area contributed by atoms with Crippen molar-refractivity contribution in [2.75, 3.05) is 6.54 Å². The van der Waals surface area contributed by atoms with Crippen LogP contribution in [0.4, 0.5) is 13.6 Å². The molecule has 206 valence electrons. The van der Waals surface area contributed by atoms with Crippen LogP contribution >= 0.6 is 0 Å². The van der Waals surface area contributed by atoms with Gasteiger partial charge in [-0.05, 0) is 63.7 Å². The third-order valence-electron chi connectivity index (χ3n) is 8.13. The number of halogens is 2. The summed E-state index contributed by atoms with van der Waals surface area (Å²) in [6, 6.07) is -2.56. The molecule has 0 aromatic heterocycles. The van der Waals surface area contributed by atoms with Crippen LogP contribution in [0.2, 0.25) is 0 Å². The number of amides is 4. The number of ketones is 1. The lowest BCUT2D eigenvalue weighted by molar-refractivity contribution is -0.143. The molecule has 0 radical (unpaired) electrons. The molecule has 0 aromatic rings. The summed E-state index contributed by atoms with van der Waals surface area (Å²) in [6.07, 6.45) is 4.56. The molecule has 4 amide bonds. The van der Waals surface area contributed by atoms with Crippen LogP contribution in [0.25, 0.3) is 0 Å². The van der Waals surface area contributed by atoms with Crippen LogP contribution in [0, 0.1) is 5.41 Å². The highest BCUT2D eigenvalue weighted by atomic mass is 19.3. The zero-order valence-corrected chi connectivity index (χ0v) is 21.1. The highest BCUT2D eigenvalue weighted by Gasteiger charge is 2.58. The first-order valence-corrected chi connectivity index (χ1v) is 13.2. The van der Waals surface area contributed by atoms with E-state index in [4.69, 9.17) is 0 Å². The van der Waals surface area contributed by atoms with Crippen molar-refractivity contribution < 1.29 is 37.9 Å². The fourth-order valence-corrected chi connectivity index (χ4v) is 5.74. The van der Waals surface area contributed by atoms with E-state index in [0.29, 0.717) is 32.7 Å². The fraction of sp³-hybridized carbons (Fsp3) is 0.800. The molecule has 4 rings (SSSR count). The number of nitrogens with zero attached hydrogens (tertiary/aromatic N) is 1. The molecule has 1 aliphatic heterocycles. The number of Topliss-reactive ketones (excluding diaryl/α,β-unsaturated/α-hetero) is 1. The van der Waals surface area contributed by atoms with Gasteiger partial charge < -0.3 is 26.0 Å². The molecule has 3 saturated carbocycles. The molecule has 3 aliphatic carbocycles. The van der Waals surface area contributed by atoms with E-state index in [9.17, 15) is 37.9 Å². The first kappa shape index (κ1) is 27.3. The minimum Gasteiger partial charge on any atom is -0.465 e. The van der Waals surface area contributed by atoms with Gasteiger partial charge in [-0.2, -0.15) is 0 Å². The van der Waals surface area contributed by atoms with Crippen molar-refractivity contribution >= 4 is 29.6 Å². The standard InChI is InChI=1S/C25H36F2N4O6/c1-23(26,27)10-7-16(18(32)20(34)28-15-5-6-15)29-19(33)17-13-24(8-3-2-4-9-24)14-31(17)21(35)25(11-12-25)30-22(36)37/h15-17,30H,2-14H2,1H3,(H,28,34)(H,29,33)(H,36,37)/t16-,17-/m0/s1. The Morgan fingerprint density at radius 3 is 2.24 bits per heavy atom. The van der Waals surface area contributed by atoms with Crippen LogP contribution < -0.4 is 16.0 Å². The van der Waals surface area contributed by atoms with Crippen molar-refractivity contribution in [2.45, 2.75) is 114 Å². The molecular weight excluding hydrogens is 490 g/mol. The van der Waals surface area contributed by atoms with E-state index in [-0.39, 0.29) is 11.5 Å². The summed E-state index contributed by atoms with van der Waals surface area (Å²) in [4.78, 5) is 65.0. The van der Waals surface area contributed by atoms with Crippen LogP contribution in [0.1, 0.15) is 84.0 Å². The van der Waals surface area contributed by atoms with Gasteiger partial charge in [0.1, 0.15) is 11.6 Å². The molecular formula is C25H36F2N4O6. The summed E-state index contributed by atoms with van der Waals surface area (Å²) in [5, 5.41) is 16.6. The van der Waals surface area contributed by atoms with Crippen LogP contribution in [0.5, 0.6) is 0 Å². The van der Waals surface area contributed by atoms with Gasteiger partial charge in [0.15, 0.2) is 0 Å². The zero-order valence-electron chi connectivity index (χ0n) is 21.1. The third kappa shape index (κ3) is 6.56. The van der Waals surface area contributed by atoms with Gasteiger partial charge in [0.2, 0.25) is 23.5 Å². The van der Waals surface area contributed by atoms with E-state index in [2.05, 4.69) is 16.0 Å². The number of rotatable bonds is 10. The highest BCUT2D eigenvalue weighted by molar-refractivity contribution is 6.38. The Kier molecular flexibility index (Phi) is 7.49. The first-order chi connectivity index (χ1) is 17.3. The van der Waals surface area contributed by atoms with Crippen LogP contribution in [0.3, 0.4) is 0 Å². The lowest BCUT2D eigenvalue weighted by Crippen LogP contribution is -2.57. The van der Waals surface area contributed by atoms with Crippen LogP contribution in [-0.2, 0) is 19.2 Å². The number of nitrogens with one attached hydrogen (secondary N) is 3. The third-order valence-corrected chi connectivity index (χ3v) is 8.13. The van der Waals surface area contributed by atoms with Gasteiger partial charge >= 0.3 is 6.09 Å². The lowest BCUT2D eigenvalue weighted by Gasteiger charge is -2.33. The van der Waals surface area contributed by atoms with Crippen molar-refractivity contribution in [2.24, 2.45) is 5.41 Å². The van der Waals surface area contributed by atoms with E-state index in [1.807, 2.05) is 0 Å². The van der Waals surface area contributed by atoms with Gasteiger partial charge in [0.25, 0.3) is 5.91 Å². The maximum atomic E-state index is 13.6. The Hall–Kier alpha value is -2.79. The van der Waals surface area contributed by atoms with Gasteiger partial charge in [-0.15, -0.1) is 0 Å². The van der Waals surface area contributed by atoms with Gasteiger partial charge in [-0.1, -0.05) is 19.3 Å². The predicted octanol–water partition coefficient (Wildman–Crippen LogP) is 2.11. The smallest absolute Gasteiger partial charge is 0.405 e. The highest BCUT2D eigenvalue weighted by Crippen LogP contribution is 2.48. The molecule has 1 spiro atoms. The zero-order chi connectivity index (χ0) is 27.0. The summed E-state index contributed by atoms with van der Waals surface area (Å²) >= 11 is 0. The molecule has 4 N–H and O–H groups in total. The molecule has 2 atom stereocenters. The Balaban J connectivity index is 1.53.